The molecule has 1 atom stereocenters. The highest BCUT2D eigenvalue weighted by Crippen LogP contribution is 2.25. The Morgan fingerprint density at radius 3 is 2.74 bits per heavy atom. The first kappa shape index (κ1) is 14.4. The van der Waals surface area contributed by atoms with E-state index in [0.717, 1.165) is 30.9 Å². The van der Waals surface area contributed by atoms with Crippen molar-refractivity contribution in [1.82, 2.24) is 4.90 Å². The molecule has 3 nitrogen and oxygen atoms in total. The second kappa shape index (κ2) is 6.92. The lowest BCUT2D eigenvalue weighted by atomic mass is 10.1. The third kappa shape index (κ3) is 4.22. The molecule has 0 spiro atoms. The van der Waals surface area contributed by atoms with Gasteiger partial charge in [0, 0.05) is 18.2 Å². The molecule has 1 aliphatic heterocycles. The van der Waals surface area contributed by atoms with Gasteiger partial charge in [-0.25, -0.2) is 0 Å². The normalized spacial score (nSPS) is 17.6. The van der Waals surface area contributed by atoms with Gasteiger partial charge < -0.3 is 15.4 Å². The first-order chi connectivity index (χ1) is 9.16. The van der Waals surface area contributed by atoms with Gasteiger partial charge in [-0.05, 0) is 57.8 Å². The first-order valence-corrected chi connectivity index (χ1v) is 7.38. The van der Waals surface area contributed by atoms with E-state index in [1.807, 2.05) is 6.92 Å². The Kier molecular flexibility index (Phi) is 5.23. The fraction of sp³-hybridized carbons (Fsp3) is 0.625. The Labute approximate surface area is 116 Å². The van der Waals surface area contributed by atoms with Gasteiger partial charge in [-0.3, -0.25) is 0 Å². The molecule has 1 aliphatic rings. The SMILES string of the molecule is Cc1ccc(C(C)N)c(OCCCN2CCCC2)c1. The number of benzene rings is 1. The van der Waals surface area contributed by atoms with Crippen LogP contribution in [0.1, 0.15) is 43.4 Å². The zero-order valence-corrected chi connectivity index (χ0v) is 12.2. The van der Waals surface area contributed by atoms with Gasteiger partial charge in [0.2, 0.25) is 0 Å². The molecule has 2 N–H and O–H groups in total. The van der Waals surface area contributed by atoms with Gasteiger partial charge >= 0.3 is 0 Å². The van der Waals surface area contributed by atoms with Crippen LogP contribution in [0.3, 0.4) is 0 Å². The smallest absolute Gasteiger partial charge is 0.124 e. The van der Waals surface area contributed by atoms with Crippen molar-refractivity contribution in [2.24, 2.45) is 5.73 Å². The average molecular weight is 262 g/mol. The molecule has 0 bridgehead atoms. The Bertz CT molecular complexity index is 398. The summed E-state index contributed by atoms with van der Waals surface area (Å²) in [5, 5.41) is 0. The lowest BCUT2D eigenvalue weighted by Crippen LogP contribution is -2.22. The van der Waals surface area contributed by atoms with Crippen LogP contribution in [0.2, 0.25) is 0 Å². The molecule has 106 valence electrons. The maximum Gasteiger partial charge on any atom is 0.124 e. The summed E-state index contributed by atoms with van der Waals surface area (Å²) >= 11 is 0. The van der Waals surface area contributed by atoms with Crippen molar-refractivity contribution >= 4 is 0 Å². The van der Waals surface area contributed by atoms with Crippen molar-refractivity contribution in [2.75, 3.05) is 26.2 Å². The predicted octanol–water partition coefficient (Wildman–Crippen LogP) is 2.88. The van der Waals surface area contributed by atoms with Crippen LogP contribution in [-0.2, 0) is 0 Å². The van der Waals surface area contributed by atoms with Crippen LogP contribution in [0, 0.1) is 6.92 Å². The molecule has 1 unspecified atom stereocenters. The Morgan fingerprint density at radius 2 is 2.05 bits per heavy atom. The zero-order valence-electron chi connectivity index (χ0n) is 12.2. The van der Waals surface area contributed by atoms with Crippen LogP contribution in [0.25, 0.3) is 0 Å². The summed E-state index contributed by atoms with van der Waals surface area (Å²) in [5.74, 6) is 0.955. The van der Waals surface area contributed by atoms with Crippen molar-refractivity contribution < 1.29 is 4.74 Å². The molecule has 1 heterocycles. The molecule has 0 aromatic heterocycles. The minimum absolute atomic E-state index is 0.0224. The number of hydrogen-bond donors (Lipinski definition) is 1. The van der Waals surface area contributed by atoms with Crippen molar-refractivity contribution in [3.63, 3.8) is 0 Å². The molecule has 1 fully saturated rings. The molecule has 1 aromatic rings. The van der Waals surface area contributed by atoms with E-state index in [4.69, 9.17) is 10.5 Å². The summed E-state index contributed by atoms with van der Waals surface area (Å²) < 4.78 is 5.93. The summed E-state index contributed by atoms with van der Waals surface area (Å²) in [6.45, 7) is 8.54. The second-order valence-electron chi connectivity index (χ2n) is 5.58. The topological polar surface area (TPSA) is 38.5 Å². The summed E-state index contributed by atoms with van der Waals surface area (Å²) in [7, 11) is 0. The average Bonchev–Trinajstić information content (AvgIpc) is 2.87. The number of nitrogens with two attached hydrogens (primary N) is 1. The molecule has 0 saturated carbocycles. The Balaban J connectivity index is 1.82. The highest BCUT2D eigenvalue weighted by atomic mass is 16.5. The highest BCUT2D eigenvalue weighted by Gasteiger charge is 2.11. The van der Waals surface area contributed by atoms with Crippen LogP contribution in [0.4, 0.5) is 0 Å². The minimum atomic E-state index is 0.0224. The Hall–Kier alpha value is -1.06. The number of likely N-dealkylation sites (tertiary alicyclic amines) is 1. The minimum Gasteiger partial charge on any atom is -0.493 e. The third-order valence-electron chi connectivity index (χ3n) is 3.73. The van der Waals surface area contributed by atoms with Gasteiger partial charge in [0.05, 0.1) is 6.61 Å². The van der Waals surface area contributed by atoms with E-state index >= 15 is 0 Å². The summed E-state index contributed by atoms with van der Waals surface area (Å²) in [6, 6.07) is 6.29. The zero-order chi connectivity index (χ0) is 13.7. The maximum atomic E-state index is 5.98. The number of ether oxygens (including phenoxy) is 1. The number of rotatable bonds is 6. The standard InChI is InChI=1S/C16H26N2O/c1-13-6-7-15(14(2)17)16(12-13)19-11-5-10-18-8-3-4-9-18/h6-7,12,14H,3-5,8-11,17H2,1-2H3. The van der Waals surface area contributed by atoms with Crippen LogP contribution < -0.4 is 10.5 Å². The summed E-state index contributed by atoms with van der Waals surface area (Å²) in [5.41, 5.74) is 8.30. The number of nitrogens with zero attached hydrogens (tertiary/aromatic N) is 1. The molecular weight excluding hydrogens is 236 g/mol. The van der Waals surface area contributed by atoms with Crippen LogP contribution in [-0.4, -0.2) is 31.1 Å². The lowest BCUT2D eigenvalue weighted by molar-refractivity contribution is 0.261. The summed E-state index contributed by atoms with van der Waals surface area (Å²) in [6.07, 6.45) is 3.80. The predicted molar refractivity (Wildman–Crippen MR) is 79.6 cm³/mol. The van der Waals surface area contributed by atoms with E-state index in [-0.39, 0.29) is 6.04 Å². The first-order valence-electron chi connectivity index (χ1n) is 7.38. The maximum absolute atomic E-state index is 5.98. The Morgan fingerprint density at radius 1 is 1.32 bits per heavy atom. The van der Waals surface area contributed by atoms with Gasteiger partial charge in [0.1, 0.15) is 5.75 Å². The van der Waals surface area contributed by atoms with Crippen molar-refractivity contribution in [3.8, 4) is 5.75 Å². The highest BCUT2D eigenvalue weighted by molar-refractivity contribution is 5.38. The molecule has 19 heavy (non-hydrogen) atoms. The second-order valence-corrected chi connectivity index (χ2v) is 5.58. The van der Waals surface area contributed by atoms with E-state index in [2.05, 4.69) is 30.0 Å². The molecule has 0 radical (unpaired) electrons. The van der Waals surface area contributed by atoms with Gasteiger partial charge in [-0.1, -0.05) is 12.1 Å². The van der Waals surface area contributed by atoms with Crippen LogP contribution in [0.15, 0.2) is 18.2 Å². The number of hydrogen-bond acceptors (Lipinski definition) is 3. The van der Waals surface area contributed by atoms with E-state index in [1.165, 1.54) is 31.5 Å². The largest absolute Gasteiger partial charge is 0.493 e. The molecule has 1 saturated heterocycles. The summed E-state index contributed by atoms with van der Waals surface area (Å²) in [4.78, 5) is 2.52. The van der Waals surface area contributed by atoms with E-state index < -0.39 is 0 Å². The molecule has 1 aromatic carbocycles. The van der Waals surface area contributed by atoms with Gasteiger partial charge in [-0.2, -0.15) is 0 Å². The molecular formula is C16H26N2O. The number of aryl methyl sites for hydroxylation is 1. The van der Waals surface area contributed by atoms with Crippen molar-refractivity contribution in [1.29, 1.82) is 0 Å². The molecule has 0 aliphatic carbocycles. The fourth-order valence-corrected chi connectivity index (χ4v) is 2.62. The quantitative estimate of drug-likeness (QED) is 0.801. The molecule has 3 heteroatoms. The van der Waals surface area contributed by atoms with Crippen LogP contribution in [0.5, 0.6) is 5.75 Å². The lowest BCUT2D eigenvalue weighted by Gasteiger charge is -2.17. The van der Waals surface area contributed by atoms with E-state index in [9.17, 15) is 0 Å². The molecule has 2 rings (SSSR count). The van der Waals surface area contributed by atoms with E-state index in [0.29, 0.717) is 0 Å². The van der Waals surface area contributed by atoms with Gasteiger partial charge in [-0.15, -0.1) is 0 Å². The molecule has 0 amide bonds. The van der Waals surface area contributed by atoms with Gasteiger partial charge in [0.15, 0.2) is 0 Å². The fourth-order valence-electron chi connectivity index (χ4n) is 2.62. The third-order valence-corrected chi connectivity index (χ3v) is 3.73. The van der Waals surface area contributed by atoms with Crippen molar-refractivity contribution in [2.45, 2.75) is 39.2 Å². The van der Waals surface area contributed by atoms with Crippen molar-refractivity contribution in [3.05, 3.63) is 29.3 Å². The van der Waals surface area contributed by atoms with Crippen LogP contribution >= 0.6 is 0 Å². The monoisotopic (exact) mass is 262 g/mol. The van der Waals surface area contributed by atoms with E-state index in [1.54, 1.807) is 0 Å². The van der Waals surface area contributed by atoms with Gasteiger partial charge in [0.25, 0.3) is 0 Å².